The van der Waals surface area contributed by atoms with Crippen molar-refractivity contribution in [2.24, 2.45) is 0 Å². The van der Waals surface area contributed by atoms with Crippen LogP contribution in [0.25, 0.3) is 0 Å². The first-order chi connectivity index (χ1) is 9.76. The zero-order chi connectivity index (χ0) is 16.0. The number of carbonyl (C=O) groups excluding carboxylic acids is 1. The fourth-order valence-corrected chi connectivity index (χ4v) is 2.12. The van der Waals surface area contributed by atoms with Gasteiger partial charge in [-0.3, -0.25) is 9.69 Å². The van der Waals surface area contributed by atoms with Gasteiger partial charge in [0, 0.05) is 5.54 Å². The summed E-state index contributed by atoms with van der Waals surface area (Å²) in [6.45, 7) is 6.01. The molecule has 1 rings (SSSR count). The number of benzene rings is 1. The lowest BCUT2D eigenvalue weighted by Gasteiger charge is -2.28. The van der Waals surface area contributed by atoms with Gasteiger partial charge in [0.25, 0.3) is 0 Å². The van der Waals surface area contributed by atoms with Gasteiger partial charge in [0.1, 0.15) is 5.75 Å². The van der Waals surface area contributed by atoms with Crippen LogP contribution in [0.2, 0.25) is 0 Å². The Labute approximate surface area is 126 Å². The first-order valence-corrected chi connectivity index (χ1v) is 7.03. The van der Waals surface area contributed by atoms with Crippen LogP contribution >= 0.6 is 0 Å². The summed E-state index contributed by atoms with van der Waals surface area (Å²) in [4.78, 5) is 13.8. The van der Waals surface area contributed by atoms with Crippen molar-refractivity contribution in [1.82, 2.24) is 10.2 Å². The Morgan fingerprint density at radius 1 is 1.33 bits per heavy atom. The number of ether oxygens (including phenoxy) is 1. The first-order valence-electron chi connectivity index (χ1n) is 7.03. The van der Waals surface area contributed by atoms with Crippen molar-refractivity contribution in [1.29, 1.82) is 0 Å². The van der Waals surface area contributed by atoms with Gasteiger partial charge in [0.05, 0.1) is 26.3 Å². The van der Waals surface area contributed by atoms with E-state index >= 15 is 0 Å². The van der Waals surface area contributed by atoms with Crippen LogP contribution in [0.3, 0.4) is 0 Å². The lowest BCUT2D eigenvalue weighted by molar-refractivity contribution is -0.124. The van der Waals surface area contributed by atoms with E-state index in [0.29, 0.717) is 0 Å². The van der Waals surface area contributed by atoms with Crippen LogP contribution < -0.4 is 10.1 Å². The number of nitrogens with one attached hydrogen (secondary N) is 1. The molecule has 1 atom stereocenters. The second kappa shape index (κ2) is 7.43. The van der Waals surface area contributed by atoms with Crippen molar-refractivity contribution in [3.8, 4) is 5.75 Å². The van der Waals surface area contributed by atoms with Crippen molar-refractivity contribution >= 4 is 5.91 Å². The molecule has 0 aliphatic rings. The molecule has 1 aromatic rings. The van der Waals surface area contributed by atoms with Gasteiger partial charge in [-0.15, -0.1) is 0 Å². The van der Waals surface area contributed by atoms with Crippen molar-refractivity contribution in [3.63, 3.8) is 0 Å². The number of hydrogen-bond acceptors (Lipinski definition) is 4. The number of hydrogen-bond donors (Lipinski definition) is 2. The number of nitrogens with zero attached hydrogens (tertiary/aromatic N) is 1. The Morgan fingerprint density at radius 3 is 2.33 bits per heavy atom. The molecule has 0 aliphatic carbocycles. The second-order valence-electron chi connectivity index (χ2n) is 6.18. The van der Waals surface area contributed by atoms with Gasteiger partial charge in [-0.25, -0.2) is 0 Å². The fraction of sp³-hybridized carbons (Fsp3) is 0.562. The summed E-state index contributed by atoms with van der Waals surface area (Å²) in [7, 11) is 3.44. The van der Waals surface area contributed by atoms with E-state index in [9.17, 15) is 9.90 Å². The number of amides is 1. The van der Waals surface area contributed by atoms with Gasteiger partial charge < -0.3 is 15.2 Å². The van der Waals surface area contributed by atoms with Gasteiger partial charge in [0.2, 0.25) is 5.91 Å². The standard InChI is InChI=1S/C16H26N2O3/c1-16(2,3)17-15(20)10-18(4)14(11-19)12-6-8-13(21-5)9-7-12/h6-9,14,19H,10-11H2,1-5H3,(H,17,20). The highest BCUT2D eigenvalue weighted by molar-refractivity contribution is 5.78. The van der Waals surface area contributed by atoms with Crippen LogP contribution in [0.15, 0.2) is 24.3 Å². The van der Waals surface area contributed by atoms with Gasteiger partial charge in [0.15, 0.2) is 0 Å². The van der Waals surface area contributed by atoms with Crippen LogP contribution in [-0.4, -0.2) is 48.8 Å². The summed E-state index contributed by atoms with van der Waals surface area (Å²) in [6.07, 6.45) is 0. The highest BCUT2D eigenvalue weighted by Gasteiger charge is 2.21. The van der Waals surface area contributed by atoms with E-state index in [2.05, 4.69) is 5.32 Å². The topological polar surface area (TPSA) is 61.8 Å². The Hall–Kier alpha value is -1.59. The minimum Gasteiger partial charge on any atom is -0.497 e. The third-order valence-corrected chi connectivity index (χ3v) is 3.11. The molecular formula is C16H26N2O3. The lowest BCUT2D eigenvalue weighted by Crippen LogP contribution is -2.46. The molecule has 0 saturated carbocycles. The molecule has 5 nitrogen and oxygen atoms in total. The highest BCUT2D eigenvalue weighted by Crippen LogP contribution is 2.21. The van der Waals surface area contributed by atoms with Crippen molar-refractivity contribution in [2.75, 3.05) is 27.3 Å². The van der Waals surface area contributed by atoms with Gasteiger partial charge in [-0.2, -0.15) is 0 Å². The molecule has 0 aliphatic heterocycles. The number of likely N-dealkylation sites (N-methyl/N-ethyl adjacent to an activating group) is 1. The van der Waals surface area contributed by atoms with E-state index < -0.39 is 0 Å². The lowest BCUT2D eigenvalue weighted by atomic mass is 10.1. The highest BCUT2D eigenvalue weighted by atomic mass is 16.5. The zero-order valence-electron chi connectivity index (χ0n) is 13.5. The molecule has 0 saturated heterocycles. The molecule has 21 heavy (non-hydrogen) atoms. The maximum absolute atomic E-state index is 12.0. The number of methoxy groups -OCH3 is 1. The molecular weight excluding hydrogens is 268 g/mol. The molecule has 0 heterocycles. The zero-order valence-corrected chi connectivity index (χ0v) is 13.5. The molecule has 5 heteroatoms. The summed E-state index contributed by atoms with van der Waals surface area (Å²) in [5.74, 6) is 0.709. The first kappa shape index (κ1) is 17.5. The van der Waals surface area contributed by atoms with Crippen LogP contribution in [0.1, 0.15) is 32.4 Å². The fourth-order valence-electron chi connectivity index (χ4n) is 2.12. The molecule has 118 valence electrons. The van der Waals surface area contributed by atoms with E-state index in [1.807, 2.05) is 57.0 Å². The SMILES string of the molecule is COc1ccc(C(CO)N(C)CC(=O)NC(C)(C)C)cc1. The van der Waals surface area contributed by atoms with Crippen LogP contribution in [0, 0.1) is 0 Å². The monoisotopic (exact) mass is 294 g/mol. The van der Waals surface area contributed by atoms with E-state index in [0.717, 1.165) is 11.3 Å². The van der Waals surface area contributed by atoms with Crippen LogP contribution in [0.4, 0.5) is 0 Å². The Morgan fingerprint density at radius 2 is 1.90 bits per heavy atom. The quantitative estimate of drug-likeness (QED) is 0.836. The van der Waals surface area contributed by atoms with Gasteiger partial charge >= 0.3 is 0 Å². The maximum Gasteiger partial charge on any atom is 0.234 e. The Balaban J connectivity index is 2.72. The molecule has 0 aromatic heterocycles. The second-order valence-corrected chi connectivity index (χ2v) is 6.18. The third-order valence-electron chi connectivity index (χ3n) is 3.11. The average Bonchev–Trinajstić information content (AvgIpc) is 2.38. The molecule has 1 aromatic carbocycles. The molecule has 1 amide bonds. The molecule has 1 unspecified atom stereocenters. The summed E-state index contributed by atoms with van der Waals surface area (Å²) in [5, 5.41) is 12.5. The minimum absolute atomic E-state index is 0.0500. The van der Waals surface area contributed by atoms with E-state index in [1.54, 1.807) is 7.11 Å². The summed E-state index contributed by atoms with van der Waals surface area (Å²) < 4.78 is 5.12. The number of rotatable bonds is 6. The maximum atomic E-state index is 12.0. The average molecular weight is 294 g/mol. The normalized spacial score (nSPS) is 13.1. The number of carbonyl (C=O) groups is 1. The Kier molecular flexibility index (Phi) is 6.18. The number of aliphatic hydroxyl groups excluding tert-OH is 1. The summed E-state index contributed by atoms with van der Waals surface area (Å²) in [5.41, 5.74) is 0.691. The third kappa shape index (κ3) is 5.73. The molecule has 2 N–H and O–H groups in total. The summed E-state index contributed by atoms with van der Waals surface area (Å²) >= 11 is 0. The van der Waals surface area contributed by atoms with E-state index in [-0.39, 0.29) is 30.6 Å². The predicted molar refractivity (Wildman–Crippen MR) is 83.3 cm³/mol. The van der Waals surface area contributed by atoms with Crippen molar-refractivity contribution in [3.05, 3.63) is 29.8 Å². The van der Waals surface area contributed by atoms with E-state index in [4.69, 9.17) is 4.74 Å². The Bertz CT molecular complexity index is 452. The smallest absolute Gasteiger partial charge is 0.234 e. The predicted octanol–water partition coefficient (Wildman–Crippen LogP) is 1.58. The van der Waals surface area contributed by atoms with E-state index in [1.165, 1.54) is 0 Å². The van der Waals surface area contributed by atoms with Crippen LogP contribution in [-0.2, 0) is 4.79 Å². The molecule has 0 fully saturated rings. The van der Waals surface area contributed by atoms with Crippen LogP contribution in [0.5, 0.6) is 5.75 Å². The largest absolute Gasteiger partial charge is 0.497 e. The van der Waals surface area contributed by atoms with Gasteiger partial charge in [-0.1, -0.05) is 12.1 Å². The molecule has 0 spiro atoms. The van der Waals surface area contributed by atoms with Gasteiger partial charge in [-0.05, 0) is 45.5 Å². The summed E-state index contributed by atoms with van der Waals surface area (Å²) in [6, 6.07) is 7.28. The molecule has 0 bridgehead atoms. The molecule has 0 radical (unpaired) electrons. The minimum atomic E-state index is -0.257. The van der Waals surface area contributed by atoms with Crippen molar-refractivity contribution in [2.45, 2.75) is 32.4 Å². The van der Waals surface area contributed by atoms with Crippen molar-refractivity contribution < 1.29 is 14.6 Å². The number of aliphatic hydroxyl groups is 1.